The zero-order valence-electron chi connectivity index (χ0n) is 16.6. The van der Waals surface area contributed by atoms with E-state index < -0.39 is 0 Å². The van der Waals surface area contributed by atoms with E-state index in [2.05, 4.69) is 15.1 Å². The van der Waals surface area contributed by atoms with Gasteiger partial charge in [0.2, 0.25) is 23.5 Å². The van der Waals surface area contributed by atoms with Crippen LogP contribution in [-0.2, 0) is 9.59 Å². The van der Waals surface area contributed by atoms with Crippen molar-refractivity contribution in [3.8, 4) is 11.4 Å². The average Bonchev–Trinajstić information content (AvgIpc) is 3.35. The molecule has 1 unspecified atom stereocenters. The lowest BCUT2D eigenvalue weighted by molar-refractivity contribution is -0.140. The minimum absolute atomic E-state index is 0.00632. The minimum atomic E-state index is -0.310. The predicted octanol–water partition coefficient (Wildman–Crippen LogP) is 2.42. The van der Waals surface area contributed by atoms with Gasteiger partial charge in [0.25, 0.3) is 0 Å². The Balaban J connectivity index is 1.20. The van der Waals surface area contributed by atoms with Crippen molar-refractivity contribution in [2.45, 2.75) is 19.3 Å². The second-order valence-corrected chi connectivity index (χ2v) is 7.87. The average molecular weight is 403 g/mol. The van der Waals surface area contributed by atoms with Gasteiger partial charge in [-0.2, -0.15) is 4.98 Å². The minimum Gasteiger partial charge on any atom is -0.341 e. The maximum atomic E-state index is 12.9. The third kappa shape index (κ3) is 3.34. The maximum absolute atomic E-state index is 12.9. The topological polar surface area (TPSA) is 92.4 Å². The molecular formula is C22H21N5O3. The molecule has 0 N–H and O–H groups in total. The number of aromatic nitrogens is 3. The number of rotatable bonds is 4. The number of anilines is 1. The van der Waals surface area contributed by atoms with Crippen LogP contribution < -0.4 is 4.90 Å². The molecular weight excluding hydrogens is 382 g/mol. The first-order valence-corrected chi connectivity index (χ1v) is 9.98. The van der Waals surface area contributed by atoms with E-state index in [9.17, 15) is 9.59 Å². The summed E-state index contributed by atoms with van der Waals surface area (Å²) < 4.78 is 5.40. The molecule has 0 aliphatic carbocycles. The Morgan fingerprint density at radius 3 is 2.53 bits per heavy atom. The summed E-state index contributed by atoms with van der Waals surface area (Å²) in [5.41, 5.74) is 2.82. The van der Waals surface area contributed by atoms with Gasteiger partial charge in [0.15, 0.2) is 0 Å². The number of aryl methyl sites for hydroxylation is 1. The highest BCUT2D eigenvalue weighted by Crippen LogP contribution is 2.32. The summed E-state index contributed by atoms with van der Waals surface area (Å²) in [6.07, 6.45) is 3.61. The first kappa shape index (κ1) is 18.5. The van der Waals surface area contributed by atoms with Crippen LogP contribution in [-0.4, -0.2) is 51.5 Å². The monoisotopic (exact) mass is 403 g/mol. The lowest BCUT2D eigenvalue weighted by atomic mass is 9.96. The number of hydrogen-bond acceptors (Lipinski definition) is 6. The lowest BCUT2D eigenvalue weighted by Gasteiger charge is -2.38. The van der Waals surface area contributed by atoms with Gasteiger partial charge in [-0.1, -0.05) is 22.9 Å². The zero-order valence-corrected chi connectivity index (χ0v) is 16.6. The molecule has 0 radical (unpaired) electrons. The van der Waals surface area contributed by atoms with Crippen molar-refractivity contribution in [3.63, 3.8) is 0 Å². The van der Waals surface area contributed by atoms with Gasteiger partial charge in [0, 0.05) is 49.7 Å². The van der Waals surface area contributed by atoms with Gasteiger partial charge in [-0.05, 0) is 31.2 Å². The third-order valence-corrected chi connectivity index (χ3v) is 5.74. The van der Waals surface area contributed by atoms with Gasteiger partial charge in [0.1, 0.15) is 0 Å². The Hall–Kier alpha value is -3.55. The van der Waals surface area contributed by atoms with Crippen LogP contribution in [0.4, 0.5) is 5.69 Å². The van der Waals surface area contributed by atoms with Crippen molar-refractivity contribution in [1.29, 1.82) is 0 Å². The first-order chi connectivity index (χ1) is 14.6. The number of carbonyl (C=O) groups is 2. The Labute approximate surface area is 173 Å². The van der Waals surface area contributed by atoms with Crippen LogP contribution in [0.3, 0.4) is 0 Å². The van der Waals surface area contributed by atoms with Crippen molar-refractivity contribution in [2.24, 2.45) is 5.92 Å². The quantitative estimate of drug-likeness (QED) is 0.664. The molecule has 1 atom stereocenters. The van der Waals surface area contributed by atoms with Gasteiger partial charge >= 0.3 is 0 Å². The first-order valence-electron chi connectivity index (χ1n) is 9.98. The fourth-order valence-corrected chi connectivity index (χ4v) is 3.94. The van der Waals surface area contributed by atoms with E-state index in [1.165, 1.54) is 0 Å². The largest absolute Gasteiger partial charge is 0.341 e. The number of benzene rings is 1. The molecule has 30 heavy (non-hydrogen) atoms. The van der Waals surface area contributed by atoms with E-state index in [4.69, 9.17) is 4.52 Å². The molecule has 5 rings (SSSR count). The van der Waals surface area contributed by atoms with E-state index in [-0.39, 0.29) is 30.1 Å². The number of nitrogens with zero attached hydrogens (tertiary/aromatic N) is 5. The van der Waals surface area contributed by atoms with E-state index >= 15 is 0 Å². The predicted molar refractivity (Wildman–Crippen MR) is 108 cm³/mol. The fourth-order valence-electron chi connectivity index (χ4n) is 3.94. The number of likely N-dealkylation sites (tertiary alicyclic amines) is 1. The zero-order chi connectivity index (χ0) is 20.7. The number of carbonyl (C=O) groups excluding carboxylic acids is 2. The molecule has 2 aliphatic heterocycles. The Bertz CT molecular complexity index is 1070. The second-order valence-electron chi connectivity index (χ2n) is 7.87. The summed E-state index contributed by atoms with van der Waals surface area (Å²) in [5.74, 6) is 0.787. The molecule has 2 saturated heterocycles. The molecule has 2 fully saturated rings. The van der Waals surface area contributed by atoms with Crippen LogP contribution in [0, 0.1) is 12.8 Å². The lowest BCUT2D eigenvalue weighted by Crippen LogP contribution is -2.51. The van der Waals surface area contributed by atoms with Crippen LogP contribution in [0.15, 0.2) is 53.3 Å². The van der Waals surface area contributed by atoms with Crippen LogP contribution in [0.1, 0.15) is 23.8 Å². The summed E-state index contributed by atoms with van der Waals surface area (Å²) in [6.45, 7) is 3.50. The Kier molecular flexibility index (Phi) is 4.54. The molecule has 2 aliphatic rings. The fraction of sp³-hybridized carbons (Fsp3) is 0.318. The highest BCUT2D eigenvalue weighted by atomic mass is 16.5. The summed E-state index contributed by atoms with van der Waals surface area (Å²) in [4.78, 5) is 37.2. The SMILES string of the molecule is Cc1ccc(N2CC(C(=O)N3CC(c4nc(-c5ccncc5)no4)C3)CC2=O)cc1. The van der Waals surface area contributed by atoms with Crippen molar-refractivity contribution in [2.75, 3.05) is 24.5 Å². The maximum Gasteiger partial charge on any atom is 0.233 e. The van der Waals surface area contributed by atoms with E-state index in [0.29, 0.717) is 31.3 Å². The molecule has 0 bridgehead atoms. The van der Waals surface area contributed by atoms with Crippen LogP contribution in [0.5, 0.6) is 0 Å². The Morgan fingerprint density at radius 2 is 1.80 bits per heavy atom. The van der Waals surface area contributed by atoms with Gasteiger partial charge in [-0.15, -0.1) is 0 Å². The molecule has 8 heteroatoms. The molecule has 3 aromatic rings. The smallest absolute Gasteiger partial charge is 0.233 e. The molecule has 2 amide bonds. The molecule has 4 heterocycles. The van der Waals surface area contributed by atoms with E-state index in [1.54, 1.807) is 22.2 Å². The number of amides is 2. The molecule has 152 valence electrons. The van der Waals surface area contributed by atoms with Crippen LogP contribution in [0.25, 0.3) is 11.4 Å². The van der Waals surface area contributed by atoms with Gasteiger partial charge in [0.05, 0.1) is 11.8 Å². The summed E-state index contributed by atoms with van der Waals surface area (Å²) in [5, 5.41) is 4.03. The molecule has 1 aromatic carbocycles. The van der Waals surface area contributed by atoms with Gasteiger partial charge < -0.3 is 14.3 Å². The summed E-state index contributed by atoms with van der Waals surface area (Å²) in [6, 6.07) is 11.4. The van der Waals surface area contributed by atoms with Gasteiger partial charge in [-0.25, -0.2) is 0 Å². The van der Waals surface area contributed by atoms with E-state index in [1.807, 2.05) is 43.3 Å². The molecule has 2 aromatic heterocycles. The number of hydrogen-bond donors (Lipinski definition) is 0. The van der Waals surface area contributed by atoms with Crippen LogP contribution >= 0.6 is 0 Å². The van der Waals surface area contributed by atoms with Crippen molar-refractivity contribution in [3.05, 3.63) is 60.2 Å². The normalized spacial score (nSPS) is 19.2. The third-order valence-electron chi connectivity index (χ3n) is 5.74. The van der Waals surface area contributed by atoms with Crippen molar-refractivity contribution < 1.29 is 14.1 Å². The molecule has 8 nitrogen and oxygen atoms in total. The Morgan fingerprint density at radius 1 is 1.07 bits per heavy atom. The van der Waals surface area contributed by atoms with Crippen molar-refractivity contribution in [1.82, 2.24) is 20.0 Å². The summed E-state index contributed by atoms with van der Waals surface area (Å²) in [7, 11) is 0. The van der Waals surface area contributed by atoms with E-state index in [0.717, 1.165) is 16.8 Å². The van der Waals surface area contributed by atoms with Crippen LogP contribution in [0.2, 0.25) is 0 Å². The number of pyridine rings is 1. The molecule has 0 saturated carbocycles. The standard InChI is InChI=1S/C22H21N5O3/c1-14-2-4-18(5-3-14)27-13-16(10-19(27)28)22(29)26-11-17(12-26)21-24-20(25-30-21)15-6-8-23-9-7-15/h2-9,16-17H,10-13H2,1H3. The van der Waals surface area contributed by atoms with Gasteiger partial charge in [-0.3, -0.25) is 14.6 Å². The highest BCUT2D eigenvalue weighted by Gasteiger charge is 2.42. The molecule has 0 spiro atoms. The van der Waals surface area contributed by atoms with Crippen molar-refractivity contribution >= 4 is 17.5 Å². The second kappa shape index (κ2) is 7.37. The summed E-state index contributed by atoms with van der Waals surface area (Å²) >= 11 is 0. The highest BCUT2D eigenvalue weighted by molar-refractivity contribution is 6.00.